The van der Waals surface area contributed by atoms with Crippen LogP contribution in [0.2, 0.25) is 0 Å². The number of benzene rings is 2. The molecule has 0 saturated heterocycles. The quantitative estimate of drug-likeness (QED) is 0.927. The second-order valence-electron chi connectivity index (χ2n) is 5.76. The Morgan fingerprint density at radius 1 is 1.14 bits per heavy atom. The molecule has 22 heavy (non-hydrogen) atoms. The monoisotopic (exact) mass is 296 g/mol. The Bertz CT molecular complexity index is 680. The fourth-order valence-corrected chi connectivity index (χ4v) is 2.81. The Hall–Kier alpha value is -2.33. The van der Waals surface area contributed by atoms with Crippen LogP contribution in [-0.4, -0.2) is 31.7 Å². The van der Waals surface area contributed by atoms with Gasteiger partial charge in [-0.25, -0.2) is 0 Å². The lowest BCUT2D eigenvalue weighted by Crippen LogP contribution is -2.36. The average Bonchev–Trinajstić information content (AvgIpc) is 2.55. The van der Waals surface area contributed by atoms with E-state index in [0.717, 1.165) is 16.9 Å². The molecule has 0 spiro atoms. The number of carbonyl (C=O) groups excluding carboxylic acids is 1. The van der Waals surface area contributed by atoms with E-state index in [1.807, 2.05) is 67.5 Å². The van der Waals surface area contributed by atoms with Crippen LogP contribution in [0.1, 0.15) is 28.4 Å². The molecule has 4 heteroatoms. The Kier molecular flexibility index (Phi) is 3.86. The second-order valence-corrected chi connectivity index (χ2v) is 5.76. The summed E-state index contributed by atoms with van der Waals surface area (Å²) in [7, 11) is 3.94. The van der Waals surface area contributed by atoms with Crippen molar-refractivity contribution < 1.29 is 9.90 Å². The molecule has 0 saturated carbocycles. The number of amides is 1. The van der Waals surface area contributed by atoms with Gasteiger partial charge < -0.3 is 14.9 Å². The molecule has 114 valence electrons. The van der Waals surface area contributed by atoms with Crippen LogP contribution in [0.4, 0.5) is 11.4 Å². The highest BCUT2D eigenvalue weighted by molar-refractivity contribution is 6.07. The maximum absolute atomic E-state index is 12.8. The van der Waals surface area contributed by atoms with Gasteiger partial charge in [0.15, 0.2) is 0 Å². The summed E-state index contributed by atoms with van der Waals surface area (Å²) in [4.78, 5) is 16.5. The van der Waals surface area contributed by atoms with Crippen LogP contribution in [0.25, 0.3) is 0 Å². The zero-order valence-corrected chi connectivity index (χ0v) is 12.9. The summed E-state index contributed by atoms with van der Waals surface area (Å²) in [6.45, 7) is 0.534. The molecule has 2 aromatic carbocycles. The number of nitrogens with zero attached hydrogens (tertiary/aromatic N) is 2. The molecular weight excluding hydrogens is 276 g/mol. The highest BCUT2D eigenvalue weighted by Gasteiger charge is 2.27. The molecule has 1 aliphatic heterocycles. The summed E-state index contributed by atoms with van der Waals surface area (Å²) < 4.78 is 0. The summed E-state index contributed by atoms with van der Waals surface area (Å²) in [5, 5.41) is 10.1. The lowest BCUT2D eigenvalue weighted by Gasteiger charge is -2.32. The third kappa shape index (κ3) is 2.57. The predicted molar refractivity (Wildman–Crippen MR) is 88.5 cm³/mol. The van der Waals surface area contributed by atoms with Gasteiger partial charge in [0, 0.05) is 43.1 Å². The van der Waals surface area contributed by atoms with Gasteiger partial charge in [-0.2, -0.15) is 0 Å². The number of hydrogen-bond donors (Lipinski definition) is 1. The van der Waals surface area contributed by atoms with Crippen LogP contribution in [-0.2, 0) is 0 Å². The fraction of sp³-hybridized carbons (Fsp3) is 0.278. The van der Waals surface area contributed by atoms with Crippen molar-refractivity contribution in [1.29, 1.82) is 0 Å². The number of anilines is 2. The molecule has 1 atom stereocenters. The summed E-state index contributed by atoms with van der Waals surface area (Å²) in [6.07, 6.45) is 0.0785. The average molecular weight is 296 g/mol. The molecule has 2 aromatic rings. The maximum Gasteiger partial charge on any atom is 0.258 e. The highest BCUT2D eigenvalue weighted by atomic mass is 16.3. The first kappa shape index (κ1) is 14.6. The van der Waals surface area contributed by atoms with Crippen molar-refractivity contribution in [3.05, 3.63) is 59.7 Å². The number of aliphatic hydroxyl groups is 1. The van der Waals surface area contributed by atoms with Gasteiger partial charge in [0.2, 0.25) is 0 Å². The van der Waals surface area contributed by atoms with E-state index in [-0.39, 0.29) is 5.91 Å². The van der Waals surface area contributed by atoms with Crippen molar-refractivity contribution in [3.8, 4) is 0 Å². The van der Waals surface area contributed by atoms with Crippen molar-refractivity contribution in [2.45, 2.75) is 12.5 Å². The van der Waals surface area contributed by atoms with E-state index >= 15 is 0 Å². The van der Waals surface area contributed by atoms with Gasteiger partial charge in [-0.3, -0.25) is 4.79 Å². The minimum Gasteiger partial charge on any atom is -0.388 e. The molecular formula is C18H20N2O2. The summed E-state index contributed by atoms with van der Waals surface area (Å²) in [6, 6.07) is 15.2. The van der Waals surface area contributed by atoms with Crippen molar-refractivity contribution in [3.63, 3.8) is 0 Å². The van der Waals surface area contributed by atoms with Crippen LogP contribution in [0, 0.1) is 0 Å². The van der Waals surface area contributed by atoms with Crippen molar-refractivity contribution in [2.75, 3.05) is 30.4 Å². The molecule has 1 N–H and O–H groups in total. The molecule has 0 bridgehead atoms. The van der Waals surface area contributed by atoms with Crippen LogP contribution in [0.3, 0.4) is 0 Å². The first-order chi connectivity index (χ1) is 10.6. The zero-order chi connectivity index (χ0) is 15.7. The molecule has 0 aliphatic carbocycles. The van der Waals surface area contributed by atoms with Crippen LogP contribution in [0.5, 0.6) is 0 Å². The Labute approximate surface area is 130 Å². The van der Waals surface area contributed by atoms with E-state index in [1.54, 1.807) is 4.90 Å². The van der Waals surface area contributed by atoms with E-state index in [9.17, 15) is 9.90 Å². The minimum absolute atomic E-state index is 0.0235. The molecule has 1 heterocycles. The van der Waals surface area contributed by atoms with Crippen molar-refractivity contribution >= 4 is 17.3 Å². The largest absolute Gasteiger partial charge is 0.388 e. The normalized spacial score (nSPS) is 17.0. The number of aliphatic hydroxyl groups excluding tert-OH is 1. The molecule has 1 unspecified atom stereocenters. The molecule has 0 fully saturated rings. The lowest BCUT2D eigenvalue weighted by atomic mass is 9.98. The minimum atomic E-state index is -0.489. The third-order valence-electron chi connectivity index (χ3n) is 4.09. The number of rotatable bonds is 2. The number of carbonyl (C=O) groups is 1. The molecule has 0 radical (unpaired) electrons. The lowest BCUT2D eigenvalue weighted by molar-refractivity contribution is 0.0970. The van der Waals surface area contributed by atoms with Gasteiger partial charge in [0.1, 0.15) is 0 Å². The molecule has 1 amide bonds. The van der Waals surface area contributed by atoms with Gasteiger partial charge in [0.25, 0.3) is 5.91 Å². The molecule has 1 aliphatic rings. The van der Waals surface area contributed by atoms with E-state index in [0.29, 0.717) is 18.5 Å². The maximum atomic E-state index is 12.8. The Balaban J connectivity index is 1.91. The molecule has 4 nitrogen and oxygen atoms in total. The SMILES string of the molecule is CN(C)c1ccc(C(=O)N2CCC(O)c3ccccc32)cc1. The highest BCUT2D eigenvalue weighted by Crippen LogP contribution is 2.34. The summed E-state index contributed by atoms with van der Waals surface area (Å²) >= 11 is 0. The van der Waals surface area contributed by atoms with Gasteiger partial charge >= 0.3 is 0 Å². The number of para-hydroxylation sites is 1. The van der Waals surface area contributed by atoms with Crippen LogP contribution in [0.15, 0.2) is 48.5 Å². The van der Waals surface area contributed by atoms with E-state index in [4.69, 9.17) is 0 Å². The Morgan fingerprint density at radius 3 is 2.50 bits per heavy atom. The standard InChI is InChI=1S/C18H20N2O2/c1-19(2)14-9-7-13(8-10-14)18(22)20-12-11-17(21)15-5-3-4-6-16(15)20/h3-10,17,21H,11-12H2,1-2H3. The first-order valence-corrected chi connectivity index (χ1v) is 7.44. The first-order valence-electron chi connectivity index (χ1n) is 7.44. The zero-order valence-electron chi connectivity index (χ0n) is 12.9. The van der Waals surface area contributed by atoms with Gasteiger partial charge in [-0.1, -0.05) is 18.2 Å². The van der Waals surface area contributed by atoms with Crippen molar-refractivity contribution in [2.24, 2.45) is 0 Å². The summed E-state index contributed by atoms with van der Waals surface area (Å²) in [5.41, 5.74) is 3.36. The van der Waals surface area contributed by atoms with Gasteiger partial charge in [-0.05, 0) is 36.8 Å². The van der Waals surface area contributed by atoms with Gasteiger partial charge in [0.05, 0.1) is 6.10 Å². The van der Waals surface area contributed by atoms with Gasteiger partial charge in [-0.15, -0.1) is 0 Å². The van der Waals surface area contributed by atoms with Crippen LogP contribution < -0.4 is 9.80 Å². The van der Waals surface area contributed by atoms with E-state index in [2.05, 4.69) is 0 Å². The number of hydrogen-bond acceptors (Lipinski definition) is 3. The number of fused-ring (bicyclic) bond motifs is 1. The van der Waals surface area contributed by atoms with E-state index < -0.39 is 6.10 Å². The van der Waals surface area contributed by atoms with E-state index in [1.165, 1.54) is 0 Å². The second kappa shape index (κ2) is 5.81. The molecule has 0 aromatic heterocycles. The third-order valence-corrected chi connectivity index (χ3v) is 4.09. The fourth-order valence-electron chi connectivity index (χ4n) is 2.81. The topological polar surface area (TPSA) is 43.8 Å². The summed E-state index contributed by atoms with van der Waals surface area (Å²) in [5.74, 6) is -0.0235. The smallest absolute Gasteiger partial charge is 0.258 e. The predicted octanol–water partition coefficient (Wildman–Crippen LogP) is 2.84. The van der Waals surface area contributed by atoms with Crippen molar-refractivity contribution in [1.82, 2.24) is 0 Å². The Morgan fingerprint density at radius 2 is 1.82 bits per heavy atom. The molecule has 3 rings (SSSR count). The van der Waals surface area contributed by atoms with Crippen LogP contribution >= 0.6 is 0 Å².